The van der Waals surface area contributed by atoms with Crippen LogP contribution >= 0.6 is 0 Å². The van der Waals surface area contributed by atoms with Crippen LogP contribution in [-0.2, 0) is 9.59 Å². The van der Waals surface area contributed by atoms with Crippen LogP contribution < -0.4 is 0 Å². The van der Waals surface area contributed by atoms with Crippen molar-refractivity contribution in [1.29, 1.82) is 0 Å². The topological polar surface area (TPSA) is 106 Å². The highest BCUT2D eigenvalue weighted by atomic mass is 16.5. The molecule has 0 saturated heterocycles. The van der Waals surface area contributed by atoms with Gasteiger partial charge in [0.2, 0.25) is 5.76 Å². The van der Waals surface area contributed by atoms with E-state index in [-0.39, 0.29) is 17.8 Å². The number of rotatable bonds is 2. The quantitative estimate of drug-likeness (QED) is 0.512. The summed E-state index contributed by atoms with van der Waals surface area (Å²) in [7, 11) is 0. The molecule has 1 unspecified atom stereocenters. The molecule has 2 heterocycles. The fourth-order valence-electron chi connectivity index (χ4n) is 3.12. The summed E-state index contributed by atoms with van der Waals surface area (Å²) in [5.74, 6) is -1.74. The van der Waals surface area contributed by atoms with Crippen LogP contribution in [0.5, 0.6) is 0 Å². The van der Waals surface area contributed by atoms with Gasteiger partial charge in [-0.25, -0.2) is 0 Å². The van der Waals surface area contributed by atoms with Gasteiger partial charge in [-0.3, -0.25) is 9.59 Å². The average molecular weight is 330 g/mol. The van der Waals surface area contributed by atoms with Crippen molar-refractivity contribution in [2.75, 3.05) is 0 Å². The van der Waals surface area contributed by atoms with Gasteiger partial charge in [-0.1, -0.05) is 24.2 Å². The third-order valence-corrected chi connectivity index (χ3v) is 4.21. The second-order valence-corrected chi connectivity index (χ2v) is 6.81. The van der Waals surface area contributed by atoms with Crippen LogP contribution in [0.1, 0.15) is 49.1 Å². The molecule has 1 atom stereocenters. The highest BCUT2D eigenvalue weighted by Crippen LogP contribution is 2.46. The Bertz CT molecular complexity index is 856. The lowest BCUT2D eigenvalue weighted by Crippen LogP contribution is -2.40. The van der Waals surface area contributed by atoms with Crippen LogP contribution in [0.2, 0.25) is 0 Å². The number of aliphatic hydroxyl groups excluding tert-OH is 1. The van der Waals surface area contributed by atoms with Gasteiger partial charge in [0.15, 0.2) is 17.3 Å². The number of ketones is 2. The van der Waals surface area contributed by atoms with Gasteiger partial charge in [0.05, 0.1) is 17.3 Å². The molecule has 24 heavy (non-hydrogen) atoms. The fourth-order valence-corrected chi connectivity index (χ4v) is 3.12. The lowest BCUT2D eigenvalue weighted by atomic mass is 9.64. The normalized spacial score (nSPS) is 22.8. The molecule has 0 aromatic carbocycles. The summed E-state index contributed by atoms with van der Waals surface area (Å²) in [6, 6.07) is 3.14. The van der Waals surface area contributed by atoms with Crippen molar-refractivity contribution < 1.29 is 23.7 Å². The Labute approximate surface area is 138 Å². The van der Waals surface area contributed by atoms with Crippen LogP contribution in [0.25, 0.3) is 5.76 Å². The van der Waals surface area contributed by atoms with Gasteiger partial charge in [-0.2, -0.15) is 0 Å². The fraction of sp³-hybridized carbons (Fsp3) is 0.412. The Hall–Kier alpha value is -2.70. The van der Waals surface area contributed by atoms with Gasteiger partial charge in [0.1, 0.15) is 11.3 Å². The summed E-state index contributed by atoms with van der Waals surface area (Å²) in [5.41, 5.74) is 0.257. The molecule has 126 valence electrons. The first-order chi connectivity index (χ1) is 11.2. The number of aryl methyl sites for hydroxylation is 2. The molecule has 1 aliphatic rings. The first-order valence-corrected chi connectivity index (χ1v) is 7.58. The minimum Gasteiger partial charge on any atom is -0.504 e. The Morgan fingerprint density at radius 3 is 2.33 bits per heavy atom. The van der Waals surface area contributed by atoms with Crippen LogP contribution in [0.15, 0.2) is 26.8 Å². The van der Waals surface area contributed by atoms with Gasteiger partial charge >= 0.3 is 0 Å². The van der Waals surface area contributed by atoms with E-state index in [4.69, 9.17) is 9.05 Å². The predicted molar refractivity (Wildman–Crippen MR) is 83.2 cm³/mol. The van der Waals surface area contributed by atoms with Crippen LogP contribution in [-0.4, -0.2) is 27.0 Å². The average Bonchev–Trinajstić information content (AvgIpc) is 3.06. The summed E-state index contributed by atoms with van der Waals surface area (Å²) in [6.07, 6.45) is 0.0929. The molecule has 2 aromatic heterocycles. The Kier molecular flexibility index (Phi) is 3.66. The van der Waals surface area contributed by atoms with Gasteiger partial charge in [0, 0.05) is 18.6 Å². The molecule has 7 heteroatoms. The summed E-state index contributed by atoms with van der Waals surface area (Å²) >= 11 is 0. The smallest absolute Gasteiger partial charge is 0.202 e. The van der Waals surface area contributed by atoms with Crippen LogP contribution in [0, 0.1) is 19.3 Å². The molecular weight excluding hydrogens is 312 g/mol. The van der Waals surface area contributed by atoms with Crippen molar-refractivity contribution >= 4 is 17.3 Å². The third-order valence-electron chi connectivity index (χ3n) is 4.21. The van der Waals surface area contributed by atoms with Gasteiger partial charge in [-0.05, 0) is 19.3 Å². The monoisotopic (exact) mass is 330 g/mol. The standard InChI is InChI=1S/C17H18N2O5/c1-8-5-11(23-18-8)14-16(22)13(10(20)7-17(14,3)4)15(21)12-6-9(2)19-24-12/h5-6,14,21H,7H2,1-4H3/b15-13+. The number of carbonyl (C=O) groups is 2. The Balaban J connectivity index is 2.12. The second kappa shape index (κ2) is 5.43. The number of carbonyl (C=O) groups excluding carboxylic acids is 2. The zero-order chi connectivity index (χ0) is 17.6. The van der Waals surface area contributed by atoms with Gasteiger partial charge in [-0.15, -0.1) is 0 Å². The second-order valence-electron chi connectivity index (χ2n) is 6.81. The maximum Gasteiger partial charge on any atom is 0.202 e. The lowest BCUT2D eigenvalue weighted by molar-refractivity contribution is -0.129. The molecule has 0 radical (unpaired) electrons. The largest absolute Gasteiger partial charge is 0.504 e. The maximum absolute atomic E-state index is 13.0. The molecule has 3 rings (SSSR count). The minimum atomic E-state index is -0.711. The van der Waals surface area contributed by atoms with Crippen molar-refractivity contribution in [3.63, 3.8) is 0 Å². The summed E-state index contributed by atoms with van der Waals surface area (Å²) in [4.78, 5) is 25.5. The molecule has 1 saturated carbocycles. The van der Waals surface area contributed by atoms with Gasteiger partial charge in [0.25, 0.3) is 0 Å². The molecule has 0 spiro atoms. The molecule has 2 aromatic rings. The van der Waals surface area contributed by atoms with Crippen molar-refractivity contribution in [2.45, 2.75) is 40.0 Å². The highest BCUT2D eigenvalue weighted by Gasteiger charge is 2.49. The molecule has 1 aliphatic carbocycles. The van der Waals surface area contributed by atoms with E-state index in [2.05, 4.69) is 10.3 Å². The minimum absolute atomic E-state index is 0.00333. The number of aliphatic hydroxyl groups is 1. The van der Waals surface area contributed by atoms with Gasteiger partial charge < -0.3 is 14.2 Å². The first kappa shape index (κ1) is 16.2. The molecule has 7 nitrogen and oxygen atoms in total. The molecule has 0 amide bonds. The molecule has 1 fully saturated rings. The molecule has 1 N–H and O–H groups in total. The molecule has 0 aliphatic heterocycles. The van der Waals surface area contributed by atoms with E-state index in [1.807, 2.05) is 13.8 Å². The maximum atomic E-state index is 13.0. The third kappa shape index (κ3) is 2.55. The van der Waals surface area contributed by atoms with E-state index in [0.29, 0.717) is 17.1 Å². The number of nitrogens with zero attached hydrogens (tertiary/aromatic N) is 2. The van der Waals surface area contributed by atoms with Crippen LogP contribution in [0.4, 0.5) is 0 Å². The lowest BCUT2D eigenvalue weighted by Gasteiger charge is -2.35. The zero-order valence-corrected chi connectivity index (χ0v) is 13.9. The first-order valence-electron chi connectivity index (χ1n) is 7.58. The van der Waals surface area contributed by atoms with Crippen LogP contribution in [0.3, 0.4) is 0 Å². The number of allylic oxidation sites excluding steroid dienone is 1. The predicted octanol–water partition coefficient (Wildman–Crippen LogP) is 2.90. The van der Waals surface area contributed by atoms with E-state index in [0.717, 1.165) is 0 Å². The van der Waals surface area contributed by atoms with E-state index < -0.39 is 28.7 Å². The number of hydrogen-bond acceptors (Lipinski definition) is 7. The molecular formula is C17H18N2O5. The van der Waals surface area contributed by atoms with E-state index in [9.17, 15) is 14.7 Å². The summed E-state index contributed by atoms with van der Waals surface area (Å²) in [5, 5.41) is 17.9. The van der Waals surface area contributed by atoms with Crippen molar-refractivity contribution in [3.8, 4) is 0 Å². The van der Waals surface area contributed by atoms with Crippen molar-refractivity contribution in [2.24, 2.45) is 5.41 Å². The number of aromatic nitrogens is 2. The SMILES string of the molecule is Cc1cc(/C(O)=C2/C(=O)CC(C)(C)C(c3cc(C)no3)C2=O)on1. The Morgan fingerprint density at radius 1 is 1.17 bits per heavy atom. The van der Waals surface area contributed by atoms with E-state index in [1.165, 1.54) is 6.07 Å². The number of hydrogen-bond donors (Lipinski definition) is 1. The van der Waals surface area contributed by atoms with E-state index >= 15 is 0 Å². The van der Waals surface area contributed by atoms with Crippen molar-refractivity contribution in [3.05, 3.63) is 40.6 Å². The van der Waals surface area contributed by atoms with Crippen molar-refractivity contribution in [1.82, 2.24) is 10.3 Å². The molecule has 0 bridgehead atoms. The zero-order valence-electron chi connectivity index (χ0n) is 13.9. The summed E-state index contributed by atoms with van der Waals surface area (Å²) < 4.78 is 10.2. The number of Topliss-reactive ketones (excluding diaryl/α,β-unsaturated/α-hetero) is 2. The Morgan fingerprint density at radius 2 is 1.79 bits per heavy atom. The summed E-state index contributed by atoms with van der Waals surface area (Å²) in [6.45, 7) is 7.07. The van der Waals surface area contributed by atoms with E-state index in [1.54, 1.807) is 19.9 Å². The highest BCUT2D eigenvalue weighted by molar-refractivity contribution is 6.28.